The second-order valence-corrected chi connectivity index (χ2v) is 11.0. The second kappa shape index (κ2) is 10.3. The van der Waals surface area contributed by atoms with Crippen molar-refractivity contribution >= 4 is 17.8 Å². The molecule has 0 aromatic rings. The van der Waals surface area contributed by atoms with Crippen molar-refractivity contribution < 1.29 is 14.3 Å². The summed E-state index contributed by atoms with van der Waals surface area (Å²) in [6, 6.07) is 0. The molecule has 4 unspecified atom stereocenters. The monoisotopic (exact) mass is 501 g/mol. The van der Waals surface area contributed by atoms with E-state index < -0.39 is 5.60 Å². The standard InChI is InChI=1S/C31H39N3O3/c1-4-13-31(26(20-32)28(33-2)21-8-5-6-11-24(17-21)37-31)15-16-34-29(35)25-18-23-19-30(23,22-9-7-10-22)14-12-27(25)36-3/h5-6,8,11-12,14,20,22-23,26,32H,4,7,9-10,13,15-16,18-19H2,1-3H3,(H,34,35). The van der Waals surface area contributed by atoms with Crippen LogP contribution in [-0.4, -0.2) is 44.1 Å². The molecule has 2 bridgehead atoms. The Morgan fingerprint density at radius 1 is 1.27 bits per heavy atom. The minimum atomic E-state index is -0.698. The van der Waals surface area contributed by atoms with Gasteiger partial charge >= 0.3 is 0 Å². The average molecular weight is 502 g/mol. The van der Waals surface area contributed by atoms with Crippen molar-refractivity contribution in [3.05, 3.63) is 64.9 Å². The van der Waals surface area contributed by atoms with Crippen molar-refractivity contribution in [2.45, 2.75) is 63.9 Å². The summed E-state index contributed by atoms with van der Waals surface area (Å²) in [6.07, 6.45) is 21.6. The summed E-state index contributed by atoms with van der Waals surface area (Å²) >= 11 is 0. The lowest BCUT2D eigenvalue weighted by Crippen LogP contribution is -2.47. The first-order valence-corrected chi connectivity index (χ1v) is 13.8. The molecule has 5 rings (SSSR count). The molecule has 1 amide bonds. The third-order valence-corrected chi connectivity index (χ3v) is 9.10. The summed E-state index contributed by atoms with van der Waals surface area (Å²) in [5.41, 5.74) is 5.31. The van der Waals surface area contributed by atoms with Crippen LogP contribution in [0.5, 0.6) is 0 Å². The fourth-order valence-corrected chi connectivity index (χ4v) is 6.86. The second-order valence-electron chi connectivity index (χ2n) is 11.0. The zero-order valence-electron chi connectivity index (χ0n) is 22.3. The van der Waals surface area contributed by atoms with E-state index in [1.54, 1.807) is 14.2 Å². The van der Waals surface area contributed by atoms with Crippen molar-refractivity contribution in [3.63, 3.8) is 0 Å². The van der Waals surface area contributed by atoms with Crippen LogP contribution in [0.15, 0.2) is 69.8 Å². The highest BCUT2D eigenvalue weighted by Gasteiger charge is 2.59. The lowest BCUT2D eigenvalue weighted by atomic mass is 9.72. The first-order chi connectivity index (χ1) is 18.0. The van der Waals surface area contributed by atoms with E-state index in [4.69, 9.17) is 14.9 Å². The maximum atomic E-state index is 13.5. The number of amides is 1. The number of nitrogens with one attached hydrogen (secondary N) is 2. The van der Waals surface area contributed by atoms with Gasteiger partial charge in [-0.05, 0) is 67.6 Å². The first-order valence-electron chi connectivity index (χ1n) is 13.8. The first kappa shape index (κ1) is 25.5. The number of nitrogens with zero attached hydrogens (tertiary/aromatic N) is 1. The molecule has 5 aliphatic rings. The van der Waals surface area contributed by atoms with Gasteiger partial charge < -0.3 is 20.2 Å². The van der Waals surface area contributed by atoms with Gasteiger partial charge in [0.1, 0.15) is 11.4 Å². The number of aliphatic imine (C=N–C) groups is 1. The molecule has 2 N–H and O–H groups in total. The van der Waals surface area contributed by atoms with Gasteiger partial charge in [-0.2, -0.15) is 0 Å². The van der Waals surface area contributed by atoms with E-state index in [9.17, 15) is 4.79 Å². The largest absolute Gasteiger partial charge is 0.496 e. The van der Waals surface area contributed by atoms with Crippen LogP contribution in [0.1, 0.15) is 58.3 Å². The quantitative estimate of drug-likeness (QED) is 0.319. The number of fused-ring (bicyclic) bond motifs is 1. The van der Waals surface area contributed by atoms with Crippen molar-refractivity contribution in [1.82, 2.24) is 5.32 Å². The van der Waals surface area contributed by atoms with Crippen LogP contribution in [0, 0.1) is 28.6 Å². The van der Waals surface area contributed by atoms with E-state index in [0.29, 0.717) is 30.4 Å². The highest BCUT2D eigenvalue weighted by molar-refractivity contribution is 6.12. The van der Waals surface area contributed by atoms with Crippen LogP contribution >= 0.6 is 0 Å². The number of hydrogen-bond acceptors (Lipinski definition) is 5. The maximum Gasteiger partial charge on any atom is 0.250 e. The van der Waals surface area contributed by atoms with Gasteiger partial charge in [-0.25, -0.2) is 0 Å². The van der Waals surface area contributed by atoms with Gasteiger partial charge in [-0.1, -0.05) is 43.7 Å². The van der Waals surface area contributed by atoms with E-state index in [2.05, 4.69) is 29.0 Å². The molecule has 0 aromatic carbocycles. The molecule has 6 nitrogen and oxygen atoms in total. The Kier molecular flexibility index (Phi) is 7.13. The SMILES string of the molecule is CCCC1(CCNC(=O)C2=C(OC)C=CC3(C4CCC4)CC3C2)OC2=C=C(C=CC=C2)C(=NC)C1C=N. The van der Waals surface area contributed by atoms with Gasteiger partial charge in [-0.15, -0.1) is 0 Å². The molecule has 0 saturated heterocycles. The molecular formula is C31H39N3O3. The number of carbonyl (C=O) groups excluding carboxylic acids is 1. The molecular weight excluding hydrogens is 462 g/mol. The fraction of sp³-hybridized carbons (Fsp3) is 0.548. The number of methoxy groups -OCH3 is 1. The number of ether oxygens (including phenoxy) is 2. The molecule has 1 heterocycles. The molecule has 0 aromatic heterocycles. The van der Waals surface area contributed by atoms with Gasteiger partial charge in [0.15, 0.2) is 5.76 Å². The lowest BCUT2D eigenvalue weighted by Gasteiger charge is -2.39. The van der Waals surface area contributed by atoms with Crippen LogP contribution in [-0.2, 0) is 14.3 Å². The van der Waals surface area contributed by atoms with Crippen molar-refractivity contribution in [3.8, 4) is 0 Å². The Morgan fingerprint density at radius 3 is 2.76 bits per heavy atom. The molecule has 196 valence electrons. The molecule has 0 radical (unpaired) electrons. The van der Waals surface area contributed by atoms with Crippen LogP contribution in [0.3, 0.4) is 0 Å². The average Bonchev–Trinajstić information content (AvgIpc) is 3.61. The molecule has 2 saturated carbocycles. The minimum absolute atomic E-state index is 0.0626. The minimum Gasteiger partial charge on any atom is -0.496 e. The summed E-state index contributed by atoms with van der Waals surface area (Å²) in [7, 11) is 3.41. The third-order valence-electron chi connectivity index (χ3n) is 9.10. The van der Waals surface area contributed by atoms with Gasteiger partial charge in [0, 0.05) is 31.8 Å². The predicted octanol–water partition coefficient (Wildman–Crippen LogP) is 5.60. The molecule has 0 spiro atoms. The fourth-order valence-electron chi connectivity index (χ4n) is 6.86. The molecule has 1 aliphatic heterocycles. The van der Waals surface area contributed by atoms with Gasteiger partial charge in [0.05, 0.1) is 24.3 Å². The summed E-state index contributed by atoms with van der Waals surface area (Å²) in [5.74, 6) is 2.23. The zero-order chi connectivity index (χ0) is 26.0. The van der Waals surface area contributed by atoms with E-state index in [0.717, 1.165) is 42.0 Å². The predicted molar refractivity (Wildman–Crippen MR) is 146 cm³/mol. The summed E-state index contributed by atoms with van der Waals surface area (Å²) < 4.78 is 12.3. The highest BCUT2D eigenvalue weighted by atomic mass is 16.5. The third kappa shape index (κ3) is 4.57. The summed E-state index contributed by atoms with van der Waals surface area (Å²) in [4.78, 5) is 18.0. The molecule has 2 fully saturated rings. The number of hydrogen-bond donors (Lipinski definition) is 2. The van der Waals surface area contributed by atoms with Crippen molar-refractivity contribution in [2.75, 3.05) is 20.7 Å². The van der Waals surface area contributed by atoms with E-state index >= 15 is 0 Å². The highest BCUT2D eigenvalue weighted by Crippen LogP contribution is 2.66. The van der Waals surface area contributed by atoms with E-state index in [-0.39, 0.29) is 17.2 Å². The number of carbonyl (C=O) groups is 1. The number of rotatable bonds is 9. The Hall–Kier alpha value is -3.11. The molecule has 37 heavy (non-hydrogen) atoms. The van der Waals surface area contributed by atoms with Crippen molar-refractivity contribution in [2.24, 2.45) is 28.2 Å². The van der Waals surface area contributed by atoms with Crippen LogP contribution in [0.2, 0.25) is 0 Å². The van der Waals surface area contributed by atoms with E-state index in [1.807, 2.05) is 30.4 Å². The molecule has 4 atom stereocenters. The van der Waals surface area contributed by atoms with Gasteiger partial charge in [0.25, 0.3) is 5.91 Å². The summed E-state index contributed by atoms with van der Waals surface area (Å²) in [6.45, 7) is 2.56. The Balaban J connectivity index is 1.32. The van der Waals surface area contributed by atoms with Gasteiger partial charge in [0.2, 0.25) is 0 Å². The Bertz CT molecular complexity index is 1180. The molecule has 4 aliphatic carbocycles. The smallest absolute Gasteiger partial charge is 0.250 e. The summed E-state index contributed by atoms with van der Waals surface area (Å²) in [5, 5.41) is 11.5. The van der Waals surface area contributed by atoms with Crippen LogP contribution in [0.4, 0.5) is 0 Å². The van der Waals surface area contributed by atoms with Crippen LogP contribution < -0.4 is 5.32 Å². The van der Waals surface area contributed by atoms with Gasteiger partial charge in [-0.3, -0.25) is 9.79 Å². The zero-order valence-corrected chi connectivity index (χ0v) is 22.3. The van der Waals surface area contributed by atoms with Crippen LogP contribution in [0.25, 0.3) is 0 Å². The lowest BCUT2D eigenvalue weighted by molar-refractivity contribution is -0.118. The van der Waals surface area contributed by atoms with E-state index in [1.165, 1.54) is 31.9 Å². The van der Waals surface area contributed by atoms with Crippen molar-refractivity contribution in [1.29, 1.82) is 5.41 Å². The Morgan fingerprint density at radius 2 is 2.08 bits per heavy atom. The normalized spacial score (nSPS) is 33.2. The molecule has 6 heteroatoms. The number of allylic oxidation sites excluding steroid dienone is 6. The maximum absolute atomic E-state index is 13.5. The Labute approximate surface area is 220 Å². The topological polar surface area (TPSA) is 83.8 Å².